The van der Waals surface area contributed by atoms with Crippen LogP contribution in [0.25, 0.3) is 0 Å². The third-order valence-electron chi connectivity index (χ3n) is 4.54. The first kappa shape index (κ1) is 21.3. The van der Waals surface area contributed by atoms with Gasteiger partial charge >= 0.3 is 5.97 Å². The Kier molecular flexibility index (Phi) is 7.04. The first-order chi connectivity index (χ1) is 13.3. The van der Waals surface area contributed by atoms with Crippen molar-refractivity contribution in [1.29, 1.82) is 0 Å². The van der Waals surface area contributed by atoms with Gasteiger partial charge in [-0.2, -0.15) is 0 Å². The Bertz CT molecular complexity index is 846. The van der Waals surface area contributed by atoms with Crippen LogP contribution in [-0.2, 0) is 16.0 Å². The van der Waals surface area contributed by atoms with Gasteiger partial charge < -0.3 is 18.9 Å². The van der Waals surface area contributed by atoms with Gasteiger partial charge in [0, 0.05) is 5.56 Å². The Morgan fingerprint density at radius 2 is 1.50 bits per heavy atom. The maximum Gasteiger partial charge on any atom is 0.310 e. The molecule has 2 aromatic carbocycles. The molecule has 0 spiro atoms. The molecule has 0 radical (unpaired) electrons. The fourth-order valence-electron chi connectivity index (χ4n) is 2.83. The molecule has 150 valence electrons. The molecular formula is C22H26O6. The van der Waals surface area contributed by atoms with E-state index in [2.05, 4.69) is 0 Å². The fraction of sp³-hybridized carbons (Fsp3) is 0.364. The van der Waals surface area contributed by atoms with Gasteiger partial charge in [-0.25, -0.2) is 0 Å². The van der Waals surface area contributed by atoms with Crippen LogP contribution in [0.4, 0.5) is 0 Å². The van der Waals surface area contributed by atoms with E-state index in [1.54, 1.807) is 31.2 Å². The van der Waals surface area contributed by atoms with Crippen molar-refractivity contribution in [2.75, 3.05) is 21.3 Å². The van der Waals surface area contributed by atoms with Crippen LogP contribution in [0.15, 0.2) is 30.3 Å². The highest BCUT2D eigenvalue weighted by Gasteiger charge is 2.21. The molecule has 28 heavy (non-hydrogen) atoms. The number of methoxy groups -OCH3 is 3. The largest absolute Gasteiger partial charge is 0.493 e. The first-order valence-corrected chi connectivity index (χ1v) is 8.90. The summed E-state index contributed by atoms with van der Waals surface area (Å²) in [5.41, 5.74) is 3.27. The summed E-state index contributed by atoms with van der Waals surface area (Å²) < 4.78 is 21.2. The van der Waals surface area contributed by atoms with Crippen LogP contribution in [0.1, 0.15) is 34.0 Å². The van der Waals surface area contributed by atoms with Gasteiger partial charge in [0.1, 0.15) is 0 Å². The second-order valence-corrected chi connectivity index (χ2v) is 6.51. The van der Waals surface area contributed by atoms with Crippen molar-refractivity contribution < 1.29 is 28.5 Å². The number of benzene rings is 2. The first-order valence-electron chi connectivity index (χ1n) is 8.90. The molecule has 6 nitrogen and oxygen atoms in total. The van der Waals surface area contributed by atoms with Gasteiger partial charge in [-0.05, 0) is 55.7 Å². The van der Waals surface area contributed by atoms with Gasteiger partial charge in [-0.15, -0.1) is 0 Å². The third-order valence-corrected chi connectivity index (χ3v) is 4.54. The molecule has 0 aliphatic heterocycles. The van der Waals surface area contributed by atoms with Crippen molar-refractivity contribution in [1.82, 2.24) is 0 Å². The number of carbonyl (C=O) groups is 2. The standard InChI is InChI=1S/C22H26O6/c1-13-7-8-17(9-14(13)2)21(24)15(3)28-20(23)12-16-10-18(25-4)22(27-6)19(11-16)26-5/h7-11,15H,12H2,1-6H3/t15-/m0/s1. The predicted molar refractivity (Wildman–Crippen MR) is 106 cm³/mol. The number of aryl methyl sites for hydroxylation is 2. The van der Waals surface area contributed by atoms with Gasteiger partial charge in [-0.1, -0.05) is 12.1 Å². The minimum absolute atomic E-state index is 0.0265. The average Bonchev–Trinajstić information content (AvgIpc) is 2.68. The lowest BCUT2D eigenvalue weighted by molar-refractivity contribution is -0.145. The zero-order chi connectivity index (χ0) is 20.8. The molecular weight excluding hydrogens is 360 g/mol. The zero-order valence-corrected chi connectivity index (χ0v) is 17.1. The van der Waals surface area contributed by atoms with Crippen molar-refractivity contribution >= 4 is 11.8 Å². The second kappa shape index (κ2) is 9.26. The molecule has 0 saturated heterocycles. The molecule has 2 aromatic rings. The van der Waals surface area contributed by atoms with Crippen molar-refractivity contribution in [2.45, 2.75) is 33.3 Å². The van der Waals surface area contributed by atoms with Crippen molar-refractivity contribution in [3.8, 4) is 17.2 Å². The minimum atomic E-state index is -0.878. The SMILES string of the molecule is COc1cc(CC(=O)O[C@@H](C)C(=O)c2ccc(C)c(C)c2)cc(OC)c1OC. The van der Waals surface area contributed by atoms with Crippen LogP contribution >= 0.6 is 0 Å². The van der Waals surface area contributed by atoms with E-state index in [1.165, 1.54) is 21.3 Å². The Morgan fingerprint density at radius 1 is 0.893 bits per heavy atom. The van der Waals surface area contributed by atoms with E-state index in [4.69, 9.17) is 18.9 Å². The van der Waals surface area contributed by atoms with Crippen LogP contribution < -0.4 is 14.2 Å². The Hall–Kier alpha value is -3.02. The quantitative estimate of drug-likeness (QED) is 0.509. The molecule has 0 aliphatic rings. The summed E-state index contributed by atoms with van der Waals surface area (Å²) in [6.07, 6.45) is -0.905. The number of hydrogen-bond donors (Lipinski definition) is 0. The van der Waals surface area contributed by atoms with Gasteiger partial charge in [-0.3, -0.25) is 9.59 Å². The van der Waals surface area contributed by atoms with E-state index in [0.717, 1.165) is 11.1 Å². The van der Waals surface area contributed by atoms with E-state index in [1.807, 2.05) is 19.9 Å². The summed E-state index contributed by atoms with van der Waals surface area (Å²) in [4.78, 5) is 24.9. The Labute approximate surface area is 165 Å². The Morgan fingerprint density at radius 3 is 2.00 bits per heavy atom. The average molecular weight is 386 g/mol. The normalized spacial score (nSPS) is 11.5. The highest BCUT2D eigenvalue weighted by atomic mass is 16.5. The number of ether oxygens (including phenoxy) is 4. The van der Waals surface area contributed by atoms with Crippen LogP contribution in [-0.4, -0.2) is 39.2 Å². The fourth-order valence-corrected chi connectivity index (χ4v) is 2.83. The molecule has 0 aromatic heterocycles. The molecule has 0 unspecified atom stereocenters. The number of ketones is 1. The maximum absolute atomic E-state index is 12.5. The molecule has 0 N–H and O–H groups in total. The van der Waals surface area contributed by atoms with E-state index in [9.17, 15) is 9.59 Å². The number of carbonyl (C=O) groups excluding carboxylic acids is 2. The highest BCUT2D eigenvalue weighted by molar-refractivity contribution is 6.00. The smallest absolute Gasteiger partial charge is 0.310 e. The Balaban J connectivity index is 2.10. The third kappa shape index (κ3) is 4.82. The second-order valence-electron chi connectivity index (χ2n) is 6.51. The van der Waals surface area contributed by atoms with Crippen molar-refractivity contribution in [3.05, 3.63) is 52.6 Å². The van der Waals surface area contributed by atoms with Crippen LogP contribution in [0, 0.1) is 13.8 Å². The lowest BCUT2D eigenvalue weighted by Crippen LogP contribution is -2.25. The molecule has 0 bridgehead atoms. The minimum Gasteiger partial charge on any atom is -0.493 e. The predicted octanol–water partition coefficient (Wildman–Crippen LogP) is 3.69. The van der Waals surface area contributed by atoms with E-state index >= 15 is 0 Å². The molecule has 0 amide bonds. The van der Waals surface area contributed by atoms with Gasteiger partial charge in [0.05, 0.1) is 27.8 Å². The van der Waals surface area contributed by atoms with Crippen molar-refractivity contribution in [3.63, 3.8) is 0 Å². The molecule has 0 aliphatic carbocycles. The van der Waals surface area contributed by atoms with Crippen LogP contribution in [0.3, 0.4) is 0 Å². The lowest BCUT2D eigenvalue weighted by Gasteiger charge is -2.15. The van der Waals surface area contributed by atoms with Crippen LogP contribution in [0.2, 0.25) is 0 Å². The molecule has 2 rings (SSSR count). The van der Waals surface area contributed by atoms with Gasteiger partial charge in [0.25, 0.3) is 0 Å². The number of Topliss-reactive ketones (excluding diaryl/α,β-unsaturated/α-hetero) is 1. The van der Waals surface area contributed by atoms with Crippen molar-refractivity contribution in [2.24, 2.45) is 0 Å². The molecule has 0 saturated carbocycles. The maximum atomic E-state index is 12.5. The highest BCUT2D eigenvalue weighted by Crippen LogP contribution is 2.38. The van der Waals surface area contributed by atoms with Gasteiger partial charge in [0.2, 0.25) is 11.5 Å². The van der Waals surface area contributed by atoms with E-state index in [0.29, 0.717) is 28.4 Å². The summed E-state index contributed by atoms with van der Waals surface area (Å²) in [5.74, 6) is 0.591. The molecule has 1 atom stereocenters. The van der Waals surface area contributed by atoms with Crippen LogP contribution in [0.5, 0.6) is 17.2 Å². The van der Waals surface area contributed by atoms with E-state index < -0.39 is 12.1 Å². The van der Waals surface area contributed by atoms with Gasteiger partial charge in [0.15, 0.2) is 17.6 Å². The summed E-state index contributed by atoms with van der Waals surface area (Å²) in [6.45, 7) is 5.49. The molecule has 0 heterocycles. The summed E-state index contributed by atoms with van der Waals surface area (Å²) in [6, 6.07) is 8.79. The number of rotatable bonds is 8. The summed E-state index contributed by atoms with van der Waals surface area (Å²) in [7, 11) is 4.52. The lowest BCUT2D eigenvalue weighted by atomic mass is 10.0. The van der Waals surface area contributed by atoms with E-state index in [-0.39, 0.29) is 12.2 Å². The topological polar surface area (TPSA) is 71.1 Å². The summed E-state index contributed by atoms with van der Waals surface area (Å²) >= 11 is 0. The summed E-state index contributed by atoms with van der Waals surface area (Å²) in [5, 5.41) is 0. The monoisotopic (exact) mass is 386 g/mol. The number of esters is 1. The molecule has 6 heteroatoms. The zero-order valence-electron chi connectivity index (χ0n) is 17.1. The molecule has 0 fully saturated rings. The number of hydrogen-bond acceptors (Lipinski definition) is 6.